The molecule has 2 aromatic carbocycles. The highest BCUT2D eigenvalue weighted by Crippen LogP contribution is 2.26. The summed E-state index contributed by atoms with van der Waals surface area (Å²) in [4.78, 5) is 13.5. The van der Waals surface area contributed by atoms with Gasteiger partial charge in [-0.3, -0.25) is 4.79 Å². The second-order valence-electron chi connectivity index (χ2n) is 5.89. The van der Waals surface area contributed by atoms with Crippen molar-refractivity contribution in [1.82, 2.24) is 10.5 Å². The summed E-state index contributed by atoms with van der Waals surface area (Å²) in [6, 6.07) is 17.7. The molecule has 0 radical (unpaired) electrons. The molecule has 0 fully saturated rings. The van der Waals surface area contributed by atoms with Gasteiger partial charge >= 0.3 is 0 Å². The average molecular weight is 352 g/mol. The van der Waals surface area contributed by atoms with Gasteiger partial charge in [0.25, 0.3) is 5.91 Å². The lowest BCUT2D eigenvalue weighted by molar-refractivity contribution is 0.0948. The summed E-state index contributed by atoms with van der Waals surface area (Å²) in [5.74, 6) is 1.37. The molecule has 0 aliphatic carbocycles. The van der Waals surface area contributed by atoms with Crippen LogP contribution in [0.3, 0.4) is 0 Å². The molecule has 0 spiro atoms. The van der Waals surface area contributed by atoms with E-state index in [2.05, 4.69) is 10.5 Å². The lowest BCUT2D eigenvalue weighted by atomic mass is 10.1. The van der Waals surface area contributed by atoms with Gasteiger partial charge in [-0.05, 0) is 31.5 Å². The second-order valence-corrected chi connectivity index (χ2v) is 6.90. The van der Waals surface area contributed by atoms with Crippen molar-refractivity contribution in [1.29, 1.82) is 0 Å². The molecule has 1 aromatic heterocycles. The Hall–Kier alpha value is -2.53. The van der Waals surface area contributed by atoms with E-state index in [1.165, 1.54) is 5.56 Å². The topological polar surface area (TPSA) is 55.1 Å². The molecule has 3 aromatic rings. The molecule has 0 unspecified atom stereocenters. The Balaban J connectivity index is 1.64. The number of benzene rings is 2. The van der Waals surface area contributed by atoms with Crippen LogP contribution in [0.5, 0.6) is 0 Å². The van der Waals surface area contributed by atoms with E-state index in [0.717, 1.165) is 21.9 Å². The number of carbonyl (C=O) groups is 1. The molecule has 25 heavy (non-hydrogen) atoms. The van der Waals surface area contributed by atoms with Crippen LogP contribution in [0.15, 0.2) is 64.0 Å². The molecule has 1 amide bonds. The summed E-state index contributed by atoms with van der Waals surface area (Å²) >= 11 is 1.57. The number of nitrogens with zero attached hydrogens (tertiary/aromatic N) is 1. The van der Waals surface area contributed by atoms with Gasteiger partial charge in [-0.2, -0.15) is 0 Å². The van der Waals surface area contributed by atoms with Crippen LogP contribution >= 0.6 is 11.8 Å². The number of thioether (sulfide) groups is 1. The third-order valence-electron chi connectivity index (χ3n) is 3.75. The molecule has 0 saturated heterocycles. The van der Waals surface area contributed by atoms with Gasteiger partial charge < -0.3 is 9.84 Å². The third-order valence-corrected chi connectivity index (χ3v) is 4.85. The van der Waals surface area contributed by atoms with Crippen LogP contribution in [0.4, 0.5) is 0 Å². The minimum Gasteiger partial charge on any atom is -0.360 e. The van der Waals surface area contributed by atoms with E-state index in [1.807, 2.05) is 68.4 Å². The molecular formula is C20H20N2O2S. The highest BCUT2D eigenvalue weighted by atomic mass is 32.2. The molecule has 0 bridgehead atoms. The first-order valence-electron chi connectivity index (χ1n) is 8.09. The molecule has 0 aliphatic heterocycles. The van der Waals surface area contributed by atoms with Crippen LogP contribution in [-0.2, 0) is 12.3 Å². The first kappa shape index (κ1) is 17.3. The number of hydrogen-bond donors (Lipinski definition) is 1. The maximum absolute atomic E-state index is 12.6. The number of aromatic nitrogens is 1. The van der Waals surface area contributed by atoms with Crippen molar-refractivity contribution >= 4 is 17.7 Å². The van der Waals surface area contributed by atoms with Crippen molar-refractivity contribution in [2.75, 3.05) is 0 Å². The summed E-state index contributed by atoms with van der Waals surface area (Å²) in [5, 5.41) is 6.88. The van der Waals surface area contributed by atoms with E-state index in [0.29, 0.717) is 17.9 Å². The summed E-state index contributed by atoms with van der Waals surface area (Å²) in [5.41, 5.74) is 3.83. The lowest BCUT2D eigenvalue weighted by Gasteiger charge is -2.09. The number of rotatable bonds is 6. The first-order chi connectivity index (χ1) is 12.1. The van der Waals surface area contributed by atoms with E-state index in [9.17, 15) is 4.79 Å². The summed E-state index contributed by atoms with van der Waals surface area (Å²) in [7, 11) is 0. The van der Waals surface area contributed by atoms with Gasteiger partial charge in [-0.15, -0.1) is 11.8 Å². The maximum Gasteiger partial charge on any atom is 0.252 e. The Bertz CT molecular complexity index is 856. The molecule has 1 heterocycles. The number of nitrogens with one attached hydrogen (secondary N) is 1. The summed E-state index contributed by atoms with van der Waals surface area (Å²) < 4.78 is 5.23. The van der Waals surface area contributed by atoms with Gasteiger partial charge in [-0.1, -0.05) is 47.1 Å². The molecule has 1 N–H and O–H groups in total. The Kier molecular flexibility index (Phi) is 5.56. The fourth-order valence-electron chi connectivity index (χ4n) is 2.40. The zero-order valence-corrected chi connectivity index (χ0v) is 15.1. The van der Waals surface area contributed by atoms with E-state index < -0.39 is 0 Å². The van der Waals surface area contributed by atoms with E-state index in [-0.39, 0.29) is 5.91 Å². The number of aryl methyl sites for hydroxylation is 2. The smallest absolute Gasteiger partial charge is 0.252 e. The van der Waals surface area contributed by atoms with Crippen molar-refractivity contribution in [2.45, 2.75) is 31.0 Å². The normalized spacial score (nSPS) is 10.6. The zero-order valence-electron chi connectivity index (χ0n) is 14.3. The van der Waals surface area contributed by atoms with Crippen LogP contribution in [0.25, 0.3) is 0 Å². The number of carbonyl (C=O) groups excluding carboxylic acids is 1. The lowest BCUT2D eigenvalue weighted by Crippen LogP contribution is -2.23. The standard InChI is InChI=1S/C20H20N2O2S/c1-14-7-9-16(10-8-14)12-21-20(23)18-5-3-4-6-19(18)25-13-17-11-15(2)22-24-17/h3-11H,12-13H2,1-2H3,(H,21,23). The molecule has 0 aliphatic rings. The van der Waals surface area contributed by atoms with Crippen molar-refractivity contribution in [3.63, 3.8) is 0 Å². The predicted molar refractivity (Wildman–Crippen MR) is 99.6 cm³/mol. The molecule has 128 valence electrons. The highest BCUT2D eigenvalue weighted by Gasteiger charge is 2.12. The van der Waals surface area contributed by atoms with Gasteiger partial charge in [0.15, 0.2) is 0 Å². The second kappa shape index (κ2) is 8.03. The minimum absolute atomic E-state index is 0.0718. The van der Waals surface area contributed by atoms with Crippen molar-refractivity contribution in [2.24, 2.45) is 0 Å². The van der Waals surface area contributed by atoms with Crippen LogP contribution in [0.1, 0.15) is 32.9 Å². The SMILES string of the molecule is Cc1ccc(CNC(=O)c2ccccc2SCc2cc(C)no2)cc1. The number of amides is 1. The van der Waals surface area contributed by atoms with Crippen LogP contribution in [0.2, 0.25) is 0 Å². The molecule has 4 nitrogen and oxygen atoms in total. The maximum atomic E-state index is 12.6. The fraction of sp³-hybridized carbons (Fsp3) is 0.200. The largest absolute Gasteiger partial charge is 0.360 e. The highest BCUT2D eigenvalue weighted by molar-refractivity contribution is 7.98. The van der Waals surface area contributed by atoms with Crippen LogP contribution in [-0.4, -0.2) is 11.1 Å². The molecule has 5 heteroatoms. The summed E-state index contributed by atoms with van der Waals surface area (Å²) in [6.07, 6.45) is 0. The Morgan fingerprint density at radius 1 is 1.12 bits per heavy atom. The zero-order chi connectivity index (χ0) is 17.6. The molecule has 0 atom stereocenters. The van der Waals surface area contributed by atoms with Crippen LogP contribution in [0, 0.1) is 13.8 Å². The predicted octanol–water partition coefficient (Wildman–Crippen LogP) is 4.51. The van der Waals surface area contributed by atoms with E-state index in [1.54, 1.807) is 11.8 Å². The van der Waals surface area contributed by atoms with E-state index in [4.69, 9.17) is 4.52 Å². The quantitative estimate of drug-likeness (QED) is 0.663. The van der Waals surface area contributed by atoms with Crippen molar-refractivity contribution in [3.05, 3.63) is 82.7 Å². The fourth-order valence-corrected chi connectivity index (χ4v) is 3.32. The van der Waals surface area contributed by atoms with Crippen LogP contribution < -0.4 is 5.32 Å². The van der Waals surface area contributed by atoms with Gasteiger partial charge in [0.2, 0.25) is 0 Å². The monoisotopic (exact) mass is 352 g/mol. The van der Waals surface area contributed by atoms with Gasteiger partial charge in [0, 0.05) is 17.5 Å². The average Bonchev–Trinajstić information content (AvgIpc) is 3.05. The third kappa shape index (κ3) is 4.73. The molecule has 3 rings (SSSR count). The number of hydrogen-bond acceptors (Lipinski definition) is 4. The molecule has 0 saturated carbocycles. The summed E-state index contributed by atoms with van der Waals surface area (Å²) in [6.45, 7) is 4.45. The van der Waals surface area contributed by atoms with E-state index >= 15 is 0 Å². The van der Waals surface area contributed by atoms with Crippen molar-refractivity contribution in [3.8, 4) is 0 Å². The van der Waals surface area contributed by atoms with Gasteiger partial charge in [0.1, 0.15) is 5.76 Å². The van der Waals surface area contributed by atoms with Gasteiger partial charge in [0.05, 0.1) is 17.0 Å². The Morgan fingerprint density at radius 3 is 2.60 bits per heavy atom. The minimum atomic E-state index is -0.0718. The first-order valence-corrected chi connectivity index (χ1v) is 9.08. The van der Waals surface area contributed by atoms with Gasteiger partial charge in [-0.25, -0.2) is 0 Å². The Labute approximate surface area is 151 Å². The Morgan fingerprint density at radius 2 is 1.88 bits per heavy atom. The molecular weight excluding hydrogens is 332 g/mol. The van der Waals surface area contributed by atoms with Crippen molar-refractivity contribution < 1.29 is 9.32 Å².